The fourth-order valence-corrected chi connectivity index (χ4v) is 10.2. The van der Waals surface area contributed by atoms with Crippen LogP contribution in [0.15, 0.2) is 83.9 Å². The van der Waals surface area contributed by atoms with E-state index in [1.165, 1.54) is 101 Å². The van der Waals surface area contributed by atoms with Crippen LogP contribution in [0.25, 0.3) is 45.5 Å². The molecule has 2 nitrogen and oxygen atoms in total. The zero-order chi connectivity index (χ0) is 41.6. The number of methoxy groups -OCH3 is 1. The summed E-state index contributed by atoms with van der Waals surface area (Å²) >= 11 is 0. The summed E-state index contributed by atoms with van der Waals surface area (Å²) in [5, 5.41) is 4.37. The lowest BCUT2D eigenvalue weighted by Gasteiger charge is -2.31. The second kappa shape index (κ2) is 14.3. The Kier molecular flexibility index (Phi) is 9.87. The second-order valence-corrected chi connectivity index (χ2v) is 20.8. The maximum Gasteiger partial charge on any atom is 0.131 e. The minimum Gasteiger partial charge on any atom is -0.496 e. The molecule has 8 rings (SSSR count). The van der Waals surface area contributed by atoms with E-state index >= 15 is 0 Å². The zero-order valence-electron chi connectivity index (χ0n) is 37.8. The van der Waals surface area contributed by atoms with Gasteiger partial charge in [-0.25, -0.2) is 0 Å². The summed E-state index contributed by atoms with van der Waals surface area (Å²) in [7, 11) is 1.84. The summed E-state index contributed by atoms with van der Waals surface area (Å²) in [5.41, 5.74) is 25.9. The maximum atomic E-state index is 6.39. The van der Waals surface area contributed by atoms with Crippen LogP contribution in [-0.4, -0.2) is 7.11 Å². The molecule has 0 fully saturated rings. The van der Waals surface area contributed by atoms with Crippen LogP contribution in [0.2, 0.25) is 0 Å². The van der Waals surface area contributed by atoms with E-state index in [9.17, 15) is 0 Å². The quantitative estimate of drug-likeness (QED) is 0.186. The van der Waals surface area contributed by atoms with Crippen LogP contribution in [0.4, 0.5) is 0 Å². The standard InChI is InChI=1S/C56H65NO/c1-32-26-33(2)28-38(27-32)49-43-29-34(3)51(44(43)31-46(53(49)58-14)56(11,12)13)57-52-35(4)30-45-47(36-18-22-39(23-19-36)54(5,6)7)41-16-15-17-42(41)48(50(45)52)37-20-24-40(25-21-37)55(8,9)10/h18-31,51-52,57H,15-17H2,1-14H3. The largest absolute Gasteiger partial charge is 0.496 e. The second-order valence-electron chi connectivity index (χ2n) is 20.8. The predicted molar refractivity (Wildman–Crippen MR) is 249 cm³/mol. The van der Waals surface area contributed by atoms with E-state index in [4.69, 9.17) is 4.74 Å². The molecule has 2 unspecified atom stereocenters. The summed E-state index contributed by atoms with van der Waals surface area (Å²) in [4.78, 5) is 0. The molecule has 0 radical (unpaired) electrons. The van der Waals surface area contributed by atoms with Crippen molar-refractivity contribution in [2.24, 2.45) is 0 Å². The van der Waals surface area contributed by atoms with Gasteiger partial charge in [0.2, 0.25) is 0 Å². The Morgan fingerprint density at radius 3 is 1.55 bits per heavy atom. The molecule has 0 saturated heterocycles. The van der Waals surface area contributed by atoms with Gasteiger partial charge in [0.25, 0.3) is 0 Å². The Balaban J connectivity index is 1.34. The monoisotopic (exact) mass is 768 g/mol. The van der Waals surface area contributed by atoms with Crippen molar-refractivity contribution in [2.45, 2.75) is 138 Å². The lowest BCUT2D eigenvalue weighted by atomic mass is 9.79. The van der Waals surface area contributed by atoms with Crippen LogP contribution >= 0.6 is 0 Å². The molecule has 58 heavy (non-hydrogen) atoms. The smallest absolute Gasteiger partial charge is 0.131 e. The van der Waals surface area contributed by atoms with Crippen molar-refractivity contribution >= 4 is 12.2 Å². The lowest BCUT2D eigenvalue weighted by molar-refractivity contribution is 0.398. The summed E-state index contributed by atoms with van der Waals surface area (Å²) in [6.07, 6.45) is 8.37. The van der Waals surface area contributed by atoms with Gasteiger partial charge in [-0.2, -0.15) is 0 Å². The summed E-state index contributed by atoms with van der Waals surface area (Å²) in [6.45, 7) is 29.9. The van der Waals surface area contributed by atoms with Gasteiger partial charge >= 0.3 is 0 Å². The molecule has 5 aromatic carbocycles. The van der Waals surface area contributed by atoms with Gasteiger partial charge in [0.15, 0.2) is 0 Å². The number of fused-ring (bicyclic) bond motifs is 3. The Morgan fingerprint density at radius 1 is 0.534 bits per heavy atom. The minimum absolute atomic E-state index is 0.0462. The van der Waals surface area contributed by atoms with Gasteiger partial charge in [0.05, 0.1) is 19.2 Å². The molecule has 0 aromatic heterocycles. The molecule has 5 aromatic rings. The van der Waals surface area contributed by atoms with Crippen LogP contribution in [0.5, 0.6) is 5.75 Å². The van der Waals surface area contributed by atoms with Gasteiger partial charge in [-0.1, -0.05) is 163 Å². The fraction of sp³-hybridized carbons (Fsp3) is 0.393. The van der Waals surface area contributed by atoms with Crippen LogP contribution in [-0.2, 0) is 29.1 Å². The van der Waals surface area contributed by atoms with Crippen molar-refractivity contribution in [3.63, 3.8) is 0 Å². The Labute approximate surface area is 349 Å². The van der Waals surface area contributed by atoms with Crippen molar-refractivity contribution in [3.8, 4) is 39.1 Å². The molecule has 3 aliphatic carbocycles. The molecule has 1 N–H and O–H groups in total. The molecule has 2 heteroatoms. The molecular weight excluding hydrogens is 703 g/mol. The summed E-state index contributed by atoms with van der Waals surface area (Å²) in [5.74, 6) is 0.988. The lowest BCUT2D eigenvalue weighted by Crippen LogP contribution is -2.27. The Hall–Kier alpha value is -4.66. The molecule has 0 amide bonds. The van der Waals surface area contributed by atoms with Crippen molar-refractivity contribution in [1.82, 2.24) is 5.32 Å². The molecule has 2 atom stereocenters. The number of aryl methyl sites for hydroxylation is 2. The van der Waals surface area contributed by atoms with E-state index in [2.05, 4.69) is 180 Å². The highest BCUT2D eigenvalue weighted by Crippen LogP contribution is 2.54. The number of benzene rings is 5. The molecule has 0 spiro atoms. The number of hydrogen-bond acceptors (Lipinski definition) is 2. The number of ether oxygens (including phenoxy) is 1. The van der Waals surface area contributed by atoms with Crippen molar-refractivity contribution in [1.29, 1.82) is 0 Å². The van der Waals surface area contributed by atoms with E-state index in [1.54, 1.807) is 11.1 Å². The highest BCUT2D eigenvalue weighted by atomic mass is 16.5. The van der Waals surface area contributed by atoms with Crippen molar-refractivity contribution in [3.05, 3.63) is 145 Å². The third-order valence-corrected chi connectivity index (χ3v) is 13.2. The van der Waals surface area contributed by atoms with Crippen LogP contribution in [0.1, 0.15) is 156 Å². The van der Waals surface area contributed by atoms with E-state index < -0.39 is 0 Å². The first kappa shape index (κ1) is 40.1. The van der Waals surface area contributed by atoms with Crippen LogP contribution in [0.3, 0.4) is 0 Å². The Morgan fingerprint density at radius 2 is 1.03 bits per heavy atom. The molecule has 0 aliphatic heterocycles. The Bertz CT molecular complexity index is 2480. The topological polar surface area (TPSA) is 21.3 Å². The first-order valence-corrected chi connectivity index (χ1v) is 21.7. The zero-order valence-corrected chi connectivity index (χ0v) is 37.8. The predicted octanol–water partition coefficient (Wildman–Crippen LogP) is 14.9. The molecule has 300 valence electrons. The summed E-state index contributed by atoms with van der Waals surface area (Å²) < 4.78 is 6.39. The van der Waals surface area contributed by atoms with Crippen LogP contribution in [0, 0.1) is 13.8 Å². The molecular formula is C56H65NO. The third kappa shape index (κ3) is 6.90. The van der Waals surface area contributed by atoms with Crippen LogP contribution < -0.4 is 10.1 Å². The summed E-state index contributed by atoms with van der Waals surface area (Å²) in [6, 6.07) is 28.5. The molecule has 3 aliphatic rings. The van der Waals surface area contributed by atoms with Gasteiger partial charge < -0.3 is 4.74 Å². The molecule has 0 bridgehead atoms. The van der Waals surface area contributed by atoms with Gasteiger partial charge in [-0.3, -0.25) is 5.32 Å². The average molecular weight is 768 g/mol. The van der Waals surface area contributed by atoms with E-state index in [-0.39, 0.29) is 28.3 Å². The van der Waals surface area contributed by atoms with Gasteiger partial charge in [0.1, 0.15) is 5.75 Å². The van der Waals surface area contributed by atoms with Crippen molar-refractivity contribution in [2.75, 3.05) is 7.11 Å². The van der Waals surface area contributed by atoms with Gasteiger partial charge in [-0.05, 0) is 142 Å². The normalized spacial score (nSPS) is 17.6. The highest BCUT2D eigenvalue weighted by molar-refractivity contribution is 5.93. The number of nitrogens with one attached hydrogen (secondary N) is 1. The maximum absolute atomic E-state index is 6.39. The SMILES string of the molecule is COc1c(C(C)(C)C)cc2c(c1-c1cc(C)cc(C)c1)C=C(C)C2NC1C(C)=Cc2c(-c3ccc(C(C)(C)C)cc3)c3c(c(-c4ccc(C(C)(C)C)cc4)c21)CCC3. The van der Waals surface area contributed by atoms with E-state index in [0.29, 0.717) is 0 Å². The number of hydrogen-bond donors (Lipinski definition) is 1. The first-order valence-electron chi connectivity index (χ1n) is 21.7. The number of rotatable bonds is 6. The molecule has 0 heterocycles. The minimum atomic E-state index is -0.116. The van der Waals surface area contributed by atoms with E-state index in [0.717, 1.165) is 18.6 Å². The molecule has 0 saturated carbocycles. The van der Waals surface area contributed by atoms with Crippen molar-refractivity contribution < 1.29 is 4.74 Å². The van der Waals surface area contributed by atoms with Gasteiger partial charge in [0, 0.05) is 11.1 Å². The average Bonchev–Trinajstić information content (AvgIpc) is 3.83. The third-order valence-electron chi connectivity index (χ3n) is 13.2. The van der Waals surface area contributed by atoms with E-state index in [1.807, 2.05) is 7.11 Å². The fourth-order valence-electron chi connectivity index (χ4n) is 10.2. The van der Waals surface area contributed by atoms with Gasteiger partial charge in [-0.15, -0.1) is 0 Å². The first-order chi connectivity index (χ1) is 27.3. The highest BCUT2D eigenvalue weighted by Gasteiger charge is 2.39.